The number of aliphatic imine (C=N–C) groups is 1. The highest BCUT2D eigenvalue weighted by atomic mass is 32.2. The number of hydrogen-bond donors (Lipinski definition) is 3. The first-order valence-electron chi connectivity index (χ1n) is 6.97. The quantitative estimate of drug-likeness (QED) is 0.400. The molecule has 1 aromatic carbocycles. The second-order valence-corrected chi connectivity index (χ2v) is 6.82. The highest BCUT2D eigenvalue weighted by molar-refractivity contribution is 7.90. The van der Waals surface area contributed by atoms with Crippen LogP contribution < -0.4 is 10.0 Å². The summed E-state index contributed by atoms with van der Waals surface area (Å²) in [5, 5.41) is 9.88. The summed E-state index contributed by atoms with van der Waals surface area (Å²) < 4.78 is 26.4. The number of carbonyl (C=O) groups excluding carboxylic acids is 1. The number of amides is 1. The summed E-state index contributed by atoms with van der Waals surface area (Å²) in [6.07, 6.45) is 2.56. The Kier molecular flexibility index (Phi) is 6.60. The van der Waals surface area contributed by atoms with Crippen LogP contribution in [-0.2, 0) is 14.8 Å². The van der Waals surface area contributed by atoms with Crippen molar-refractivity contribution in [2.45, 2.75) is 25.7 Å². The highest BCUT2D eigenvalue weighted by Gasteiger charge is 2.12. The summed E-state index contributed by atoms with van der Waals surface area (Å²) >= 11 is 0. The van der Waals surface area contributed by atoms with E-state index in [1.165, 1.54) is 30.3 Å². The van der Waals surface area contributed by atoms with Crippen molar-refractivity contribution in [1.82, 2.24) is 4.72 Å². The van der Waals surface area contributed by atoms with Crippen LogP contribution in [0, 0.1) is 5.41 Å². The minimum absolute atomic E-state index is 0.0344. The Morgan fingerprint density at radius 3 is 2.29 bits per heavy atom. The molecule has 0 unspecified atom stereocenters. The molecule has 24 heavy (non-hydrogen) atoms. The maximum absolute atomic E-state index is 12.1. The Labute approximate surface area is 141 Å². The number of sulfonamides is 1. The molecule has 128 valence electrons. The molecule has 0 aliphatic rings. The Hall–Kier alpha value is -2.74. The van der Waals surface area contributed by atoms with Gasteiger partial charge in [0.1, 0.15) is 6.34 Å². The third-order valence-electron chi connectivity index (χ3n) is 2.71. The number of nitrogens with one attached hydrogen (secondary N) is 3. The van der Waals surface area contributed by atoms with Crippen molar-refractivity contribution >= 4 is 33.7 Å². The Morgan fingerprint density at radius 1 is 1.21 bits per heavy atom. The average Bonchev–Trinajstić information content (AvgIpc) is 2.46. The zero-order valence-corrected chi connectivity index (χ0v) is 14.6. The second-order valence-electron chi connectivity index (χ2n) is 5.11. The van der Waals surface area contributed by atoms with Gasteiger partial charge in [0.25, 0.3) is 15.9 Å². The fraction of sp³-hybridized carbons (Fsp3) is 0.188. The van der Waals surface area contributed by atoms with Gasteiger partial charge in [0.2, 0.25) is 0 Å². The molecule has 0 spiro atoms. The lowest BCUT2D eigenvalue weighted by Gasteiger charge is -2.07. The van der Waals surface area contributed by atoms with Crippen LogP contribution in [0.15, 0.2) is 58.1 Å². The van der Waals surface area contributed by atoms with Crippen LogP contribution in [0.3, 0.4) is 0 Å². The molecule has 0 heterocycles. The van der Waals surface area contributed by atoms with E-state index < -0.39 is 10.0 Å². The smallest absolute Gasteiger partial charge is 0.262 e. The van der Waals surface area contributed by atoms with Crippen molar-refractivity contribution in [3.63, 3.8) is 0 Å². The molecule has 1 rings (SSSR count). The molecule has 1 aromatic rings. The van der Waals surface area contributed by atoms with Gasteiger partial charge in [-0.1, -0.05) is 6.58 Å². The number of anilines is 1. The molecule has 0 saturated heterocycles. The predicted molar refractivity (Wildman–Crippen MR) is 95.9 cm³/mol. The van der Waals surface area contributed by atoms with Crippen LogP contribution in [-0.4, -0.2) is 26.4 Å². The molecule has 0 aliphatic carbocycles. The Balaban J connectivity index is 2.81. The van der Waals surface area contributed by atoms with Gasteiger partial charge in [0.05, 0.1) is 4.90 Å². The van der Waals surface area contributed by atoms with Crippen molar-refractivity contribution < 1.29 is 13.2 Å². The van der Waals surface area contributed by atoms with Gasteiger partial charge >= 0.3 is 0 Å². The monoisotopic (exact) mass is 348 g/mol. The number of nitrogens with zero attached hydrogens (tertiary/aromatic N) is 1. The van der Waals surface area contributed by atoms with E-state index in [-0.39, 0.29) is 10.8 Å². The van der Waals surface area contributed by atoms with Gasteiger partial charge in [-0.3, -0.25) is 9.52 Å². The van der Waals surface area contributed by atoms with Gasteiger partial charge in [0.15, 0.2) is 0 Å². The van der Waals surface area contributed by atoms with E-state index in [4.69, 9.17) is 5.41 Å². The van der Waals surface area contributed by atoms with Gasteiger partial charge in [-0.05, 0) is 51.1 Å². The van der Waals surface area contributed by atoms with Crippen LogP contribution in [0.4, 0.5) is 5.69 Å². The first kappa shape index (κ1) is 19.3. The van der Waals surface area contributed by atoms with Crippen molar-refractivity contribution in [3.05, 3.63) is 48.2 Å². The van der Waals surface area contributed by atoms with Gasteiger partial charge in [-0.15, -0.1) is 0 Å². The number of rotatable bonds is 7. The third-order valence-corrected chi connectivity index (χ3v) is 4.02. The molecule has 0 saturated carbocycles. The molecule has 0 aromatic heterocycles. The predicted octanol–water partition coefficient (Wildman–Crippen LogP) is 2.45. The fourth-order valence-corrected chi connectivity index (χ4v) is 2.39. The highest BCUT2D eigenvalue weighted by Crippen LogP contribution is 2.14. The van der Waals surface area contributed by atoms with Crippen LogP contribution in [0.25, 0.3) is 0 Å². The summed E-state index contributed by atoms with van der Waals surface area (Å²) in [7, 11) is -3.76. The number of benzene rings is 1. The lowest BCUT2D eigenvalue weighted by atomic mass is 10.3. The van der Waals surface area contributed by atoms with E-state index in [1.54, 1.807) is 20.8 Å². The lowest BCUT2D eigenvalue weighted by Crippen LogP contribution is -2.22. The molecule has 0 aliphatic heterocycles. The van der Waals surface area contributed by atoms with Crippen molar-refractivity contribution in [1.29, 1.82) is 5.41 Å². The van der Waals surface area contributed by atoms with Gasteiger partial charge in [0, 0.05) is 22.7 Å². The SMILES string of the molecule is C=C(C)C(=O)Nc1ccc(S(=O)(=O)N/C=N/C(C)=C\C(C)=N)cc1. The number of allylic oxidation sites excluding steroid dienone is 2. The molecule has 7 nitrogen and oxygen atoms in total. The summed E-state index contributed by atoms with van der Waals surface area (Å²) in [5.41, 5.74) is 1.65. The Bertz CT molecular complexity index is 806. The van der Waals surface area contributed by atoms with Crippen LogP contribution in [0.5, 0.6) is 0 Å². The summed E-state index contributed by atoms with van der Waals surface area (Å²) in [4.78, 5) is 15.4. The lowest BCUT2D eigenvalue weighted by molar-refractivity contribution is -0.112. The van der Waals surface area contributed by atoms with E-state index in [9.17, 15) is 13.2 Å². The minimum Gasteiger partial charge on any atom is -0.322 e. The topological polar surface area (TPSA) is 111 Å². The summed E-state index contributed by atoms with van der Waals surface area (Å²) in [5.74, 6) is -0.334. The first-order valence-corrected chi connectivity index (χ1v) is 8.45. The standard InChI is InChI=1S/C16H20N4O3S/c1-11(2)16(21)20-14-5-7-15(8-6-14)24(22,23)19-10-18-13(4)9-12(3)17/h5-10,17H,1H2,2-4H3,(H,18,19)(H,20,21)/b13-9-,17-12?. The molecule has 1 amide bonds. The molecule has 3 N–H and O–H groups in total. The molecule has 0 radical (unpaired) electrons. The van der Waals surface area contributed by atoms with E-state index >= 15 is 0 Å². The van der Waals surface area contributed by atoms with Crippen molar-refractivity contribution in [2.75, 3.05) is 5.32 Å². The average molecular weight is 348 g/mol. The van der Waals surface area contributed by atoms with E-state index in [0.29, 0.717) is 22.7 Å². The van der Waals surface area contributed by atoms with Crippen molar-refractivity contribution in [3.8, 4) is 0 Å². The maximum Gasteiger partial charge on any atom is 0.262 e. The van der Waals surface area contributed by atoms with E-state index in [0.717, 1.165) is 6.34 Å². The van der Waals surface area contributed by atoms with Crippen LogP contribution in [0.2, 0.25) is 0 Å². The molecular weight excluding hydrogens is 328 g/mol. The van der Waals surface area contributed by atoms with Gasteiger partial charge < -0.3 is 10.7 Å². The molecule has 0 atom stereocenters. The first-order chi connectivity index (χ1) is 11.1. The summed E-state index contributed by atoms with van der Waals surface area (Å²) in [6.45, 7) is 8.35. The largest absolute Gasteiger partial charge is 0.322 e. The van der Waals surface area contributed by atoms with E-state index in [2.05, 4.69) is 21.6 Å². The molecule has 0 bridgehead atoms. The zero-order valence-electron chi connectivity index (χ0n) is 13.8. The van der Waals surface area contributed by atoms with Gasteiger partial charge in [-0.2, -0.15) is 0 Å². The second kappa shape index (κ2) is 8.21. The normalized spacial score (nSPS) is 12.0. The number of hydrogen-bond acceptors (Lipinski definition) is 5. The third kappa shape index (κ3) is 6.17. The minimum atomic E-state index is -3.76. The van der Waals surface area contributed by atoms with Crippen molar-refractivity contribution in [2.24, 2.45) is 4.99 Å². The van der Waals surface area contributed by atoms with Gasteiger partial charge in [-0.25, -0.2) is 13.4 Å². The van der Waals surface area contributed by atoms with Crippen LogP contribution >= 0.6 is 0 Å². The van der Waals surface area contributed by atoms with E-state index in [1.807, 2.05) is 0 Å². The molecular formula is C16H20N4O3S. The zero-order chi connectivity index (χ0) is 18.3. The van der Waals surface area contributed by atoms with Crippen LogP contribution in [0.1, 0.15) is 20.8 Å². The molecule has 0 fully saturated rings. The summed E-state index contributed by atoms with van der Waals surface area (Å²) in [6, 6.07) is 5.70. The fourth-order valence-electron chi connectivity index (χ4n) is 1.57. The maximum atomic E-state index is 12.1. The number of carbonyl (C=O) groups is 1. The Morgan fingerprint density at radius 2 is 1.79 bits per heavy atom. The molecule has 8 heteroatoms.